The van der Waals surface area contributed by atoms with E-state index in [-0.39, 0.29) is 35.2 Å². The van der Waals surface area contributed by atoms with Crippen molar-refractivity contribution < 1.29 is 17.6 Å². The summed E-state index contributed by atoms with van der Waals surface area (Å²) in [5.74, 6) is -0.514. The van der Waals surface area contributed by atoms with Crippen molar-refractivity contribution in [3.8, 4) is 0 Å². The van der Waals surface area contributed by atoms with Crippen molar-refractivity contribution in [2.45, 2.75) is 38.1 Å². The number of carbonyl (C=O) groups excluding carboxylic acids is 1. The van der Waals surface area contributed by atoms with Gasteiger partial charge in [0.25, 0.3) is 0 Å². The molecule has 2 rings (SSSR count). The average molecular weight is 313 g/mol. The molecule has 1 aliphatic rings. The molecule has 1 saturated heterocycles. The molecular formula is C15H20FNO3S. The molecule has 0 radical (unpaired) electrons. The van der Waals surface area contributed by atoms with Gasteiger partial charge in [-0.2, -0.15) is 0 Å². The van der Waals surface area contributed by atoms with E-state index in [1.165, 1.54) is 12.1 Å². The van der Waals surface area contributed by atoms with E-state index >= 15 is 0 Å². The minimum atomic E-state index is -2.93. The van der Waals surface area contributed by atoms with Crippen LogP contribution in [0.1, 0.15) is 37.7 Å². The second kappa shape index (κ2) is 6.56. The number of benzene rings is 1. The van der Waals surface area contributed by atoms with Gasteiger partial charge in [0.05, 0.1) is 17.4 Å². The van der Waals surface area contributed by atoms with Gasteiger partial charge in [-0.1, -0.05) is 19.1 Å². The van der Waals surface area contributed by atoms with E-state index in [1.807, 2.05) is 6.92 Å². The van der Waals surface area contributed by atoms with E-state index in [9.17, 15) is 17.6 Å². The summed E-state index contributed by atoms with van der Waals surface area (Å²) < 4.78 is 35.7. The van der Waals surface area contributed by atoms with Crippen LogP contribution in [0.4, 0.5) is 4.39 Å². The highest BCUT2D eigenvalue weighted by Gasteiger charge is 2.27. The van der Waals surface area contributed by atoms with Crippen LogP contribution >= 0.6 is 0 Å². The first-order chi connectivity index (χ1) is 9.91. The van der Waals surface area contributed by atoms with Crippen LogP contribution in [-0.4, -0.2) is 31.9 Å². The molecule has 0 aromatic heterocycles. The first-order valence-electron chi connectivity index (χ1n) is 7.17. The topological polar surface area (TPSA) is 63.2 Å². The summed E-state index contributed by atoms with van der Waals surface area (Å²) in [4.78, 5) is 12.3. The molecule has 4 nitrogen and oxygen atoms in total. The molecule has 0 bridgehead atoms. The van der Waals surface area contributed by atoms with Gasteiger partial charge in [-0.3, -0.25) is 4.79 Å². The zero-order chi connectivity index (χ0) is 15.5. The summed E-state index contributed by atoms with van der Waals surface area (Å²) in [5, 5.41) is 2.92. The maximum atomic E-state index is 12.9. The van der Waals surface area contributed by atoms with Crippen molar-refractivity contribution in [2.75, 3.05) is 11.5 Å². The van der Waals surface area contributed by atoms with Gasteiger partial charge in [-0.05, 0) is 37.0 Å². The normalized spacial score (nSPS) is 19.9. The second-order valence-electron chi connectivity index (χ2n) is 5.45. The van der Waals surface area contributed by atoms with Crippen LogP contribution < -0.4 is 5.32 Å². The summed E-state index contributed by atoms with van der Waals surface area (Å²) >= 11 is 0. The van der Waals surface area contributed by atoms with Crippen LogP contribution in [0, 0.1) is 5.82 Å². The quantitative estimate of drug-likeness (QED) is 0.925. The fraction of sp³-hybridized carbons (Fsp3) is 0.533. The highest BCUT2D eigenvalue weighted by atomic mass is 32.2. The Morgan fingerprint density at radius 1 is 1.29 bits per heavy atom. The van der Waals surface area contributed by atoms with Gasteiger partial charge in [-0.25, -0.2) is 12.8 Å². The lowest BCUT2D eigenvalue weighted by Crippen LogP contribution is -2.42. The third-order valence-corrected chi connectivity index (χ3v) is 5.61. The predicted molar refractivity (Wildman–Crippen MR) is 79.3 cm³/mol. The summed E-state index contributed by atoms with van der Waals surface area (Å²) in [6.07, 6.45) is 1.55. The van der Waals surface area contributed by atoms with E-state index in [2.05, 4.69) is 5.32 Å². The molecule has 1 N–H and O–H groups in total. The van der Waals surface area contributed by atoms with E-state index in [4.69, 9.17) is 0 Å². The Morgan fingerprint density at radius 3 is 2.38 bits per heavy atom. The number of hydrogen-bond acceptors (Lipinski definition) is 3. The molecule has 1 amide bonds. The van der Waals surface area contributed by atoms with E-state index in [1.54, 1.807) is 12.1 Å². The number of carbonyl (C=O) groups is 1. The van der Waals surface area contributed by atoms with Crippen LogP contribution in [0.5, 0.6) is 0 Å². The fourth-order valence-corrected chi connectivity index (χ4v) is 4.10. The molecule has 1 fully saturated rings. The van der Waals surface area contributed by atoms with Crippen LogP contribution in [0.3, 0.4) is 0 Å². The summed E-state index contributed by atoms with van der Waals surface area (Å²) in [5.41, 5.74) is 0.778. The highest BCUT2D eigenvalue weighted by Crippen LogP contribution is 2.21. The van der Waals surface area contributed by atoms with Crippen molar-refractivity contribution in [3.05, 3.63) is 35.6 Å². The van der Waals surface area contributed by atoms with Crippen molar-refractivity contribution in [1.82, 2.24) is 5.32 Å². The van der Waals surface area contributed by atoms with Gasteiger partial charge in [0.15, 0.2) is 0 Å². The number of sulfone groups is 1. The molecule has 116 valence electrons. The molecule has 1 atom stereocenters. The smallest absolute Gasteiger partial charge is 0.227 e. The Labute approximate surface area is 124 Å². The number of rotatable bonds is 4. The molecule has 1 unspecified atom stereocenters. The predicted octanol–water partition coefficient (Wildman–Crippen LogP) is 2.01. The Morgan fingerprint density at radius 2 is 1.86 bits per heavy atom. The third kappa shape index (κ3) is 4.27. The number of nitrogens with one attached hydrogen (secondary N) is 1. The second-order valence-corrected chi connectivity index (χ2v) is 7.75. The van der Waals surface area contributed by atoms with Crippen LogP contribution in [0.2, 0.25) is 0 Å². The zero-order valence-corrected chi connectivity index (χ0v) is 12.8. The molecule has 1 aliphatic heterocycles. The monoisotopic (exact) mass is 313 g/mol. The largest absolute Gasteiger partial charge is 0.353 e. The van der Waals surface area contributed by atoms with Crippen LogP contribution in [0.25, 0.3) is 0 Å². The zero-order valence-electron chi connectivity index (χ0n) is 12.0. The Bertz CT molecular complexity index is 584. The molecule has 0 spiro atoms. The van der Waals surface area contributed by atoms with E-state index < -0.39 is 9.84 Å². The summed E-state index contributed by atoms with van der Waals surface area (Å²) in [6, 6.07) is 5.84. The Balaban J connectivity index is 1.99. The third-order valence-electron chi connectivity index (χ3n) is 3.90. The SMILES string of the molecule is CCC(C(=O)NC1CCS(=O)(=O)CC1)c1ccc(F)cc1. The van der Waals surface area contributed by atoms with Crippen LogP contribution in [-0.2, 0) is 14.6 Å². The lowest BCUT2D eigenvalue weighted by Gasteiger charge is -2.25. The molecular weight excluding hydrogens is 293 g/mol. The highest BCUT2D eigenvalue weighted by molar-refractivity contribution is 7.91. The fourth-order valence-electron chi connectivity index (χ4n) is 2.60. The minimum Gasteiger partial charge on any atom is -0.353 e. The average Bonchev–Trinajstić information content (AvgIpc) is 2.44. The molecule has 0 saturated carbocycles. The van der Waals surface area contributed by atoms with Crippen molar-refractivity contribution in [1.29, 1.82) is 0 Å². The minimum absolute atomic E-state index is 0.0875. The van der Waals surface area contributed by atoms with Gasteiger partial charge in [-0.15, -0.1) is 0 Å². The van der Waals surface area contributed by atoms with E-state index in [0.29, 0.717) is 19.3 Å². The lowest BCUT2D eigenvalue weighted by molar-refractivity contribution is -0.123. The standard InChI is InChI=1S/C15H20FNO3S/c1-2-14(11-3-5-12(16)6-4-11)15(18)17-13-7-9-21(19,20)10-8-13/h3-6,13-14H,2,7-10H2,1H3,(H,17,18). The molecule has 1 aromatic rings. The molecule has 21 heavy (non-hydrogen) atoms. The number of amides is 1. The summed E-state index contributed by atoms with van der Waals surface area (Å²) in [6.45, 7) is 1.90. The maximum Gasteiger partial charge on any atom is 0.227 e. The summed E-state index contributed by atoms with van der Waals surface area (Å²) in [7, 11) is -2.93. The molecule has 0 aliphatic carbocycles. The van der Waals surface area contributed by atoms with Gasteiger partial charge >= 0.3 is 0 Å². The Hall–Kier alpha value is -1.43. The van der Waals surface area contributed by atoms with Gasteiger partial charge in [0.2, 0.25) is 5.91 Å². The van der Waals surface area contributed by atoms with Gasteiger partial charge < -0.3 is 5.32 Å². The first kappa shape index (κ1) is 15.9. The molecule has 1 aromatic carbocycles. The van der Waals surface area contributed by atoms with Crippen LogP contribution in [0.15, 0.2) is 24.3 Å². The van der Waals surface area contributed by atoms with E-state index in [0.717, 1.165) is 5.56 Å². The molecule has 6 heteroatoms. The molecule has 1 heterocycles. The number of halogens is 1. The van der Waals surface area contributed by atoms with Gasteiger partial charge in [0, 0.05) is 6.04 Å². The number of hydrogen-bond donors (Lipinski definition) is 1. The Kier molecular flexibility index (Phi) is 4.98. The lowest BCUT2D eigenvalue weighted by atomic mass is 9.95. The van der Waals surface area contributed by atoms with Crippen molar-refractivity contribution in [2.24, 2.45) is 0 Å². The van der Waals surface area contributed by atoms with Crippen molar-refractivity contribution in [3.63, 3.8) is 0 Å². The van der Waals surface area contributed by atoms with Crippen molar-refractivity contribution >= 4 is 15.7 Å². The first-order valence-corrected chi connectivity index (χ1v) is 8.99. The maximum absolute atomic E-state index is 12.9. The van der Waals surface area contributed by atoms with Gasteiger partial charge in [0.1, 0.15) is 15.7 Å².